The van der Waals surface area contributed by atoms with E-state index in [1.165, 1.54) is 0 Å². The fraction of sp³-hybridized carbons (Fsp3) is 0.333. The van der Waals surface area contributed by atoms with Crippen LogP contribution in [0.25, 0.3) is 11.0 Å². The third-order valence-corrected chi connectivity index (χ3v) is 3.71. The molecule has 0 atom stereocenters. The molecule has 0 amide bonds. The summed E-state index contributed by atoms with van der Waals surface area (Å²) in [6.45, 7) is 7.97. The zero-order chi connectivity index (χ0) is 17.1. The van der Waals surface area contributed by atoms with Crippen molar-refractivity contribution in [2.45, 2.75) is 34.1 Å². The molecule has 122 valence electrons. The van der Waals surface area contributed by atoms with Crippen LogP contribution in [0.15, 0.2) is 33.0 Å². The van der Waals surface area contributed by atoms with E-state index >= 15 is 0 Å². The molecule has 5 heteroatoms. The number of hydrogen-bond acceptors (Lipinski definition) is 4. The summed E-state index contributed by atoms with van der Waals surface area (Å²) in [6.07, 6.45) is 1.61. The van der Waals surface area contributed by atoms with Gasteiger partial charge in [0.1, 0.15) is 17.9 Å². The highest BCUT2D eigenvalue weighted by Crippen LogP contribution is 2.29. The van der Waals surface area contributed by atoms with Crippen molar-refractivity contribution in [2.75, 3.05) is 6.61 Å². The number of carboxylic acids is 1. The van der Waals surface area contributed by atoms with Crippen molar-refractivity contribution in [3.05, 3.63) is 50.9 Å². The predicted molar refractivity (Wildman–Crippen MR) is 88.2 cm³/mol. The maximum absolute atomic E-state index is 12.1. The van der Waals surface area contributed by atoms with E-state index < -0.39 is 11.6 Å². The topological polar surface area (TPSA) is 76.7 Å². The van der Waals surface area contributed by atoms with Crippen molar-refractivity contribution in [3.63, 3.8) is 0 Å². The van der Waals surface area contributed by atoms with E-state index in [0.29, 0.717) is 23.5 Å². The van der Waals surface area contributed by atoms with E-state index in [1.54, 1.807) is 13.0 Å². The molecule has 23 heavy (non-hydrogen) atoms. The molecule has 5 nitrogen and oxygen atoms in total. The van der Waals surface area contributed by atoms with Gasteiger partial charge in [0.15, 0.2) is 0 Å². The van der Waals surface area contributed by atoms with Crippen LogP contribution in [0.3, 0.4) is 0 Å². The minimum atomic E-state index is -1.06. The van der Waals surface area contributed by atoms with Gasteiger partial charge in [0, 0.05) is 10.9 Å². The minimum absolute atomic E-state index is 0.183. The fourth-order valence-corrected chi connectivity index (χ4v) is 2.38. The van der Waals surface area contributed by atoms with Crippen LogP contribution in [0.5, 0.6) is 5.75 Å². The summed E-state index contributed by atoms with van der Waals surface area (Å²) in [4.78, 5) is 23.0. The Hall–Kier alpha value is -2.56. The van der Waals surface area contributed by atoms with Crippen LogP contribution in [0.2, 0.25) is 0 Å². The SMILES string of the molecule is CC(C)=CCOc1ccc2c(C)c(CC(=O)O)c(=O)oc2c1C. The molecule has 2 aromatic rings. The Balaban J connectivity index is 2.52. The fourth-order valence-electron chi connectivity index (χ4n) is 2.38. The van der Waals surface area contributed by atoms with Crippen LogP contribution in [0.4, 0.5) is 0 Å². The number of benzene rings is 1. The van der Waals surface area contributed by atoms with Gasteiger partial charge in [-0.15, -0.1) is 0 Å². The normalized spacial score (nSPS) is 10.6. The smallest absolute Gasteiger partial charge is 0.340 e. The zero-order valence-corrected chi connectivity index (χ0v) is 13.7. The number of allylic oxidation sites excluding steroid dienone is 1. The van der Waals surface area contributed by atoms with Gasteiger partial charge in [-0.3, -0.25) is 4.79 Å². The Morgan fingerprint density at radius 2 is 1.96 bits per heavy atom. The first-order valence-electron chi connectivity index (χ1n) is 7.35. The van der Waals surface area contributed by atoms with E-state index in [0.717, 1.165) is 16.5 Å². The molecule has 0 aliphatic rings. The van der Waals surface area contributed by atoms with Crippen LogP contribution >= 0.6 is 0 Å². The van der Waals surface area contributed by atoms with Crippen LogP contribution in [0.1, 0.15) is 30.5 Å². The van der Waals surface area contributed by atoms with Gasteiger partial charge in [-0.25, -0.2) is 4.79 Å². The standard InChI is InChI=1S/C18H20O5/c1-10(2)7-8-22-15-6-5-13-11(3)14(9-16(19)20)18(21)23-17(13)12(15)4/h5-7H,8-9H2,1-4H3,(H,19,20). The van der Waals surface area contributed by atoms with Crippen LogP contribution in [-0.2, 0) is 11.2 Å². The highest BCUT2D eigenvalue weighted by Gasteiger charge is 2.16. The molecular weight excluding hydrogens is 296 g/mol. The van der Waals surface area contributed by atoms with Crippen molar-refractivity contribution < 1.29 is 19.1 Å². The van der Waals surface area contributed by atoms with Gasteiger partial charge in [0.05, 0.1) is 12.0 Å². The maximum atomic E-state index is 12.1. The summed E-state index contributed by atoms with van der Waals surface area (Å²) in [5.74, 6) is -0.415. The average Bonchev–Trinajstić information content (AvgIpc) is 2.46. The van der Waals surface area contributed by atoms with E-state index in [1.807, 2.05) is 32.9 Å². The Morgan fingerprint density at radius 1 is 1.26 bits per heavy atom. The Bertz CT molecular complexity index is 839. The second-order valence-electron chi connectivity index (χ2n) is 5.72. The second-order valence-corrected chi connectivity index (χ2v) is 5.72. The number of fused-ring (bicyclic) bond motifs is 1. The first-order chi connectivity index (χ1) is 10.8. The lowest BCUT2D eigenvalue weighted by molar-refractivity contribution is -0.136. The Kier molecular flexibility index (Phi) is 4.89. The van der Waals surface area contributed by atoms with Crippen molar-refractivity contribution in [3.8, 4) is 5.75 Å². The summed E-state index contributed by atoms with van der Waals surface area (Å²) >= 11 is 0. The molecular formula is C18H20O5. The third-order valence-electron chi connectivity index (χ3n) is 3.71. The van der Waals surface area contributed by atoms with Crippen LogP contribution in [-0.4, -0.2) is 17.7 Å². The minimum Gasteiger partial charge on any atom is -0.489 e. The van der Waals surface area contributed by atoms with Gasteiger partial charge in [-0.05, 0) is 51.5 Å². The molecule has 2 rings (SSSR count). The molecule has 1 heterocycles. The lowest BCUT2D eigenvalue weighted by Crippen LogP contribution is -2.15. The molecule has 0 fully saturated rings. The Morgan fingerprint density at radius 3 is 2.57 bits per heavy atom. The molecule has 0 saturated heterocycles. The zero-order valence-electron chi connectivity index (χ0n) is 13.7. The number of aliphatic carboxylic acids is 1. The van der Waals surface area contributed by atoms with E-state index in [2.05, 4.69) is 0 Å². The third kappa shape index (κ3) is 3.62. The molecule has 1 aromatic carbocycles. The molecule has 0 spiro atoms. The van der Waals surface area contributed by atoms with Crippen molar-refractivity contribution in [1.82, 2.24) is 0 Å². The first kappa shape index (κ1) is 16.8. The number of aryl methyl sites for hydroxylation is 2. The van der Waals surface area contributed by atoms with E-state index in [4.69, 9.17) is 14.3 Å². The van der Waals surface area contributed by atoms with Gasteiger partial charge in [-0.1, -0.05) is 5.57 Å². The number of hydrogen-bond donors (Lipinski definition) is 1. The van der Waals surface area contributed by atoms with Crippen LogP contribution < -0.4 is 10.4 Å². The summed E-state index contributed by atoms with van der Waals surface area (Å²) in [5, 5.41) is 9.65. The summed E-state index contributed by atoms with van der Waals surface area (Å²) in [6, 6.07) is 3.61. The van der Waals surface area contributed by atoms with Crippen molar-refractivity contribution in [1.29, 1.82) is 0 Å². The lowest BCUT2D eigenvalue weighted by atomic mass is 10.0. The molecule has 0 aliphatic heterocycles. The first-order valence-corrected chi connectivity index (χ1v) is 7.35. The van der Waals surface area contributed by atoms with Crippen molar-refractivity contribution >= 4 is 16.9 Å². The van der Waals surface area contributed by atoms with Gasteiger partial charge in [-0.2, -0.15) is 0 Å². The maximum Gasteiger partial charge on any atom is 0.340 e. The summed E-state index contributed by atoms with van der Waals surface area (Å²) < 4.78 is 11.1. The van der Waals surface area contributed by atoms with Gasteiger partial charge < -0.3 is 14.3 Å². The van der Waals surface area contributed by atoms with Gasteiger partial charge >= 0.3 is 11.6 Å². The molecule has 0 radical (unpaired) electrons. The quantitative estimate of drug-likeness (QED) is 0.676. The largest absolute Gasteiger partial charge is 0.489 e. The highest BCUT2D eigenvalue weighted by atomic mass is 16.5. The van der Waals surface area contributed by atoms with E-state index in [-0.39, 0.29) is 12.0 Å². The van der Waals surface area contributed by atoms with Crippen LogP contribution in [0, 0.1) is 13.8 Å². The highest BCUT2D eigenvalue weighted by molar-refractivity contribution is 5.86. The summed E-state index contributed by atoms with van der Waals surface area (Å²) in [5.41, 5.74) is 2.54. The molecule has 0 saturated carbocycles. The van der Waals surface area contributed by atoms with E-state index in [9.17, 15) is 9.59 Å². The molecule has 0 aliphatic carbocycles. The lowest BCUT2D eigenvalue weighted by Gasteiger charge is -2.12. The predicted octanol–water partition coefficient (Wildman–Crippen LogP) is 3.38. The second kappa shape index (κ2) is 6.69. The number of rotatable bonds is 5. The molecule has 0 bridgehead atoms. The Labute approximate surface area is 134 Å². The molecule has 0 unspecified atom stereocenters. The van der Waals surface area contributed by atoms with Crippen molar-refractivity contribution in [2.24, 2.45) is 0 Å². The number of carboxylic acid groups (broad SMARTS) is 1. The van der Waals surface area contributed by atoms with Gasteiger partial charge in [0.25, 0.3) is 0 Å². The summed E-state index contributed by atoms with van der Waals surface area (Å²) in [7, 11) is 0. The molecule has 1 N–H and O–H groups in total. The number of ether oxygens (including phenoxy) is 1. The monoisotopic (exact) mass is 316 g/mol. The average molecular weight is 316 g/mol. The molecule has 1 aromatic heterocycles. The number of carbonyl (C=O) groups is 1. The van der Waals surface area contributed by atoms with Gasteiger partial charge in [0.2, 0.25) is 0 Å².